The van der Waals surface area contributed by atoms with Crippen LogP contribution in [0.4, 0.5) is 14.5 Å². The van der Waals surface area contributed by atoms with E-state index in [2.05, 4.69) is 5.32 Å². The predicted octanol–water partition coefficient (Wildman–Crippen LogP) is 3.70. The fourth-order valence-electron chi connectivity index (χ4n) is 1.88. The number of thiocarbonyl (C=S) groups is 1. The molecule has 106 valence electrons. The summed E-state index contributed by atoms with van der Waals surface area (Å²) in [7, 11) is 0. The summed E-state index contributed by atoms with van der Waals surface area (Å²) in [4.78, 5) is 1.13. The van der Waals surface area contributed by atoms with Crippen molar-refractivity contribution in [1.29, 1.82) is 0 Å². The van der Waals surface area contributed by atoms with Gasteiger partial charge in [0.05, 0.1) is 0 Å². The van der Waals surface area contributed by atoms with Gasteiger partial charge in [0.1, 0.15) is 22.3 Å². The Morgan fingerprint density at radius 1 is 1.40 bits per heavy atom. The van der Waals surface area contributed by atoms with Crippen LogP contribution in [0.15, 0.2) is 29.6 Å². The number of anilines is 1. The molecule has 0 aliphatic carbocycles. The molecule has 1 heterocycles. The first-order chi connectivity index (χ1) is 9.47. The minimum atomic E-state index is -0.689. The number of hydrogen-bond donors (Lipinski definition) is 2. The molecule has 0 aliphatic rings. The molecule has 0 amide bonds. The van der Waals surface area contributed by atoms with Crippen molar-refractivity contribution in [3.05, 3.63) is 51.7 Å². The van der Waals surface area contributed by atoms with E-state index in [0.717, 1.165) is 17.0 Å². The zero-order valence-electron chi connectivity index (χ0n) is 10.8. The number of hydrogen-bond acceptors (Lipinski definition) is 3. The summed E-state index contributed by atoms with van der Waals surface area (Å²) >= 11 is 6.33. The van der Waals surface area contributed by atoms with Gasteiger partial charge >= 0.3 is 0 Å². The number of thiophene rings is 1. The van der Waals surface area contributed by atoms with Crippen LogP contribution in [0.3, 0.4) is 0 Å². The van der Waals surface area contributed by atoms with Crippen LogP contribution in [-0.2, 0) is 6.42 Å². The molecule has 1 aromatic carbocycles. The summed E-state index contributed by atoms with van der Waals surface area (Å²) in [5.41, 5.74) is 5.41. The van der Waals surface area contributed by atoms with Crippen LogP contribution >= 0.6 is 23.6 Å². The summed E-state index contributed by atoms with van der Waals surface area (Å²) < 4.78 is 27.8. The van der Waals surface area contributed by atoms with E-state index in [1.165, 1.54) is 0 Å². The molecule has 1 atom stereocenters. The van der Waals surface area contributed by atoms with E-state index in [-0.39, 0.29) is 22.3 Å². The van der Waals surface area contributed by atoms with Crippen LogP contribution in [-0.4, -0.2) is 11.0 Å². The SMILES string of the molecule is CC(Cc1cccs1)Nc1c(F)cc(C(N)=S)cc1F. The predicted molar refractivity (Wildman–Crippen MR) is 83.4 cm³/mol. The second-order valence-corrected chi connectivity index (χ2v) is 5.98. The molecule has 0 fully saturated rings. The lowest BCUT2D eigenvalue weighted by molar-refractivity contribution is 0.582. The molecule has 0 aliphatic heterocycles. The summed E-state index contributed by atoms with van der Waals surface area (Å²) in [5, 5.41) is 4.83. The average Bonchev–Trinajstić information content (AvgIpc) is 2.86. The van der Waals surface area contributed by atoms with Gasteiger partial charge in [-0.1, -0.05) is 18.3 Å². The van der Waals surface area contributed by atoms with Crippen LogP contribution in [0.1, 0.15) is 17.4 Å². The van der Waals surface area contributed by atoms with E-state index in [4.69, 9.17) is 18.0 Å². The molecule has 1 aromatic heterocycles. The Balaban J connectivity index is 2.14. The van der Waals surface area contributed by atoms with Crippen molar-refractivity contribution in [3.63, 3.8) is 0 Å². The number of nitrogens with one attached hydrogen (secondary N) is 1. The number of rotatable bonds is 5. The van der Waals surface area contributed by atoms with Gasteiger partial charge in [-0.3, -0.25) is 0 Å². The molecule has 6 heteroatoms. The highest BCUT2D eigenvalue weighted by Gasteiger charge is 2.15. The maximum absolute atomic E-state index is 13.9. The molecule has 1 unspecified atom stereocenters. The molecular weight excluding hydrogens is 298 g/mol. The van der Waals surface area contributed by atoms with Gasteiger partial charge in [-0.2, -0.15) is 0 Å². The van der Waals surface area contributed by atoms with Gasteiger partial charge in [0.2, 0.25) is 0 Å². The fraction of sp³-hybridized carbons (Fsp3) is 0.214. The largest absolute Gasteiger partial charge is 0.389 e. The van der Waals surface area contributed by atoms with E-state index in [1.807, 2.05) is 24.4 Å². The first-order valence-electron chi connectivity index (χ1n) is 6.05. The minimum Gasteiger partial charge on any atom is -0.389 e. The van der Waals surface area contributed by atoms with Gasteiger partial charge in [-0.05, 0) is 30.5 Å². The Hall–Kier alpha value is -1.53. The number of benzene rings is 1. The lowest BCUT2D eigenvalue weighted by Crippen LogP contribution is -2.20. The van der Waals surface area contributed by atoms with Crippen molar-refractivity contribution in [2.24, 2.45) is 5.73 Å². The molecule has 2 nitrogen and oxygen atoms in total. The molecule has 20 heavy (non-hydrogen) atoms. The molecule has 0 saturated heterocycles. The second kappa shape index (κ2) is 6.28. The van der Waals surface area contributed by atoms with Gasteiger partial charge < -0.3 is 11.1 Å². The zero-order chi connectivity index (χ0) is 14.7. The van der Waals surface area contributed by atoms with Crippen molar-refractivity contribution in [2.45, 2.75) is 19.4 Å². The minimum absolute atomic E-state index is 0.0269. The van der Waals surface area contributed by atoms with E-state index >= 15 is 0 Å². The van der Waals surface area contributed by atoms with E-state index < -0.39 is 11.6 Å². The number of halogens is 2. The highest BCUT2D eigenvalue weighted by atomic mass is 32.1. The molecular formula is C14H14F2N2S2. The molecule has 2 aromatic rings. The maximum Gasteiger partial charge on any atom is 0.150 e. The van der Waals surface area contributed by atoms with Crippen molar-refractivity contribution in [2.75, 3.05) is 5.32 Å². The molecule has 0 saturated carbocycles. The summed E-state index contributed by atoms with van der Waals surface area (Å²) in [6, 6.07) is 6.14. The lowest BCUT2D eigenvalue weighted by atomic mass is 10.1. The topological polar surface area (TPSA) is 38.0 Å². The van der Waals surface area contributed by atoms with Crippen molar-refractivity contribution in [3.8, 4) is 0 Å². The molecule has 2 rings (SSSR count). The van der Waals surface area contributed by atoms with Crippen LogP contribution in [0.2, 0.25) is 0 Å². The first-order valence-corrected chi connectivity index (χ1v) is 7.34. The second-order valence-electron chi connectivity index (χ2n) is 4.51. The Kier molecular flexibility index (Phi) is 4.67. The van der Waals surface area contributed by atoms with Gasteiger partial charge in [0, 0.05) is 22.9 Å². The first kappa shape index (κ1) is 14.9. The fourth-order valence-corrected chi connectivity index (χ4v) is 2.83. The Bertz CT molecular complexity index is 589. The smallest absolute Gasteiger partial charge is 0.150 e. The van der Waals surface area contributed by atoms with Gasteiger partial charge in [-0.15, -0.1) is 11.3 Å². The van der Waals surface area contributed by atoms with Gasteiger partial charge in [0.25, 0.3) is 0 Å². The third-order valence-electron chi connectivity index (χ3n) is 2.80. The highest BCUT2D eigenvalue weighted by Crippen LogP contribution is 2.23. The lowest BCUT2D eigenvalue weighted by Gasteiger charge is -2.16. The van der Waals surface area contributed by atoms with Crippen molar-refractivity contribution < 1.29 is 8.78 Å². The van der Waals surface area contributed by atoms with Crippen LogP contribution in [0.5, 0.6) is 0 Å². The van der Waals surface area contributed by atoms with Crippen molar-refractivity contribution >= 4 is 34.2 Å². The summed E-state index contributed by atoms with van der Waals surface area (Å²) in [6.45, 7) is 1.88. The monoisotopic (exact) mass is 312 g/mol. The van der Waals surface area contributed by atoms with E-state index in [1.54, 1.807) is 11.3 Å². The summed E-state index contributed by atoms with van der Waals surface area (Å²) in [5.74, 6) is -1.38. The number of nitrogens with two attached hydrogens (primary N) is 1. The molecule has 0 bridgehead atoms. The Morgan fingerprint density at radius 2 is 2.05 bits per heavy atom. The Morgan fingerprint density at radius 3 is 2.55 bits per heavy atom. The van der Waals surface area contributed by atoms with Crippen LogP contribution in [0.25, 0.3) is 0 Å². The quantitative estimate of drug-likeness (QED) is 0.827. The van der Waals surface area contributed by atoms with Gasteiger partial charge in [-0.25, -0.2) is 8.78 Å². The van der Waals surface area contributed by atoms with Gasteiger partial charge in [0.15, 0.2) is 0 Å². The maximum atomic E-state index is 13.9. The summed E-state index contributed by atoms with van der Waals surface area (Å²) in [6.07, 6.45) is 0.702. The Labute approximate surface area is 125 Å². The molecule has 3 N–H and O–H groups in total. The third kappa shape index (κ3) is 3.52. The normalized spacial score (nSPS) is 12.2. The van der Waals surface area contributed by atoms with E-state index in [0.29, 0.717) is 6.42 Å². The molecule has 0 radical (unpaired) electrons. The van der Waals surface area contributed by atoms with E-state index in [9.17, 15) is 8.78 Å². The van der Waals surface area contributed by atoms with Crippen molar-refractivity contribution in [1.82, 2.24) is 0 Å². The average molecular weight is 312 g/mol. The highest BCUT2D eigenvalue weighted by molar-refractivity contribution is 7.80. The zero-order valence-corrected chi connectivity index (χ0v) is 12.5. The third-order valence-corrected chi connectivity index (χ3v) is 3.94. The van der Waals surface area contributed by atoms with Crippen LogP contribution < -0.4 is 11.1 Å². The standard InChI is InChI=1S/C14H14F2N2S2/c1-8(5-10-3-2-4-20-10)18-13-11(15)6-9(14(17)19)7-12(13)16/h2-4,6-8,18H,5H2,1H3,(H2,17,19). The molecule has 0 spiro atoms. The van der Waals surface area contributed by atoms with Crippen LogP contribution in [0, 0.1) is 11.6 Å².